The molecule has 0 amide bonds. The first kappa shape index (κ1) is 13.7. The second-order valence-corrected chi connectivity index (χ2v) is 4.84. The van der Waals surface area contributed by atoms with Gasteiger partial charge in [-0.2, -0.15) is 0 Å². The van der Waals surface area contributed by atoms with Gasteiger partial charge in [0, 0.05) is 10.9 Å². The molecule has 2 heteroatoms. The Morgan fingerprint density at radius 2 is 1.58 bits per heavy atom. The molecule has 2 aromatic rings. The van der Waals surface area contributed by atoms with Crippen LogP contribution in [-0.2, 0) is 0 Å². The van der Waals surface area contributed by atoms with E-state index in [2.05, 4.69) is 30.8 Å². The van der Waals surface area contributed by atoms with E-state index in [9.17, 15) is 0 Å². The molecule has 0 aromatic heterocycles. The molecule has 0 aliphatic rings. The summed E-state index contributed by atoms with van der Waals surface area (Å²) in [6.07, 6.45) is 2.84. The Labute approximate surface area is 119 Å². The Morgan fingerprint density at radius 1 is 1.05 bits per heavy atom. The maximum Gasteiger partial charge on any atom is 0.118 e. The van der Waals surface area contributed by atoms with Crippen molar-refractivity contribution in [2.75, 3.05) is 7.11 Å². The molecule has 1 atom stereocenters. The first-order valence-corrected chi connectivity index (χ1v) is 6.62. The fourth-order valence-electron chi connectivity index (χ4n) is 2.16. The van der Waals surface area contributed by atoms with Crippen LogP contribution >= 0.6 is 11.6 Å². The van der Waals surface area contributed by atoms with Crippen molar-refractivity contribution < 1.29 is 4.74 Å². The lowest BCUT2D eigenvalue weighted by molar-refractivity contribution is 0.414. The fraction of sp³-hybridized carbons (Fsp3) is 0.176. The van der Waals surface area contributed by atoms with Crippen molar-refractivity contribution in [1.29, 1.82) is 0 Å². The van der Waals surface area contributed by atoms with Gasteiger partial charge in [0.1, 0.15) is 5.75 Å². The molecule has 0 aliphatic carbocycles. The minimum Gasteiger partial charge on any atom is -0.497 e. The maximum absolute atomic E-state index is 5.94. The molecule has 0 bridgehead atoms. The minimum absolute atomic E-state index is 0.306. The van der Waals surface area contributed by atoms with Crippen LogP contribution in [0.5, 0.6) is 5.75 Å². The van der Waals surface area contributed by atoms with Crippen molar-refractivity contribution in [1.82, 2.24) is 0 Å². The van der Waals surface area contributed by atoms with Gasteiger partial charge in [0.2, 0.25) is 0 Å². The molecule has 0 aliphatic heterocycles. The number of ether oxygens (including phenoxy) is 1. The van der Waals surface area contributed by atoms with E-state index in [4.69, 9.17) is 16.3 Å². The van der Waals surface area contributed by atoms with Crippen molar-refractivity contribution in [3.63, 3.8) is 0 Å². The van der Waals surface area contributed by atoms with Gasteiger partial charge in [0.15, 0.2) is 0 Å². The van der Waals surface area contributed by atoms with Gasteiger partial charge in [-0.15, -0.1) is 6.58 Å². The van der Waals surface area contributed by atoms with Crippen molar-refractivity contribution in [2.24, 2.45) is 0 Å². The predicted molar refractivity (Wildman–Crippen MR) is 81.1 cm³/mol. The fourth-order valence-corrected chi connectivity index (χ4v) is 2.29. The molecular formula is C17H17ClO. The molecular weight excluding hydrogens is 256 g/mol. The lowest BCUT2D eigenvalue weighted by atomic mass is 9.88. The number of hydrogen-bond donors (Lipinski definition) is 0. The highest BCUT2D eigenvalue weighted by atomic mass is 35.5. The van der Waals surface area contributed by atoms with E-state index in [-0.39, 0.29) is 0 Å². The van der Waals surface area contributed by atoms with Gasteiger partial charge in [-0.25, -0.2) is 0 Å². The highest BCUT2D eigenvalue weighted by Gasteiger charge is 2.12. The molecule has 0 saturated carbocycles. The van der Waals surface area contributed by atoms with E-state index in [0.717, 1.165) is 17.2 Å². The van der Waals surface area contributed by atoms with Crippen molar-refractivity contribution in [3.05, 3.63) is 77.3 Å². The third kappa shape index (κ3) is 3.39. The van der Waals surface area contributed by atoms with Gasteiger partial charge < -0.3 is 4.74 Å². The Bertz CT molecular complexity index is 528. The summed E-state index contributed by atoms with van der Waals surface area (Å²) in [6, 6.07) is 16.2. The smallest absolute Gasteiger partial charge is 0.118 e. The van der Waals surface area contributed by atoms with Crippen LogP contribution in [0, 0.1) is 0 Å². The van der Waals surface area contributed by atoms with Crippen molar-refractivity contribution in [2.45, 2.75) is 12.3 Å². The van der Waals surface area contributed by atoms with Gasteiger partial charge in [-0.3, -0.25) is 0 Å². The summed E-state index contributed by atoms with van der Waals surface area (Å²) in [6.45, 7) is 3.85. The molecule has 1 nitrogen and oxygen atoms in total. The standard InChI is InChI=1S/C17H17ClO/c1-3-4-17(13-5-9-15(18)10-6-13)14-7-11-16(19-2)12-8-14/h3,5-12,17H,1,4H2,2H3. The number of rotatable bonds is 5. The van der Waals surface area contributed by atoms with E-state index in [1.165, 1.54) is 11.1 Å². The normalized spacial score (nSPS) is 11.9. The number of benzene rings is 2. The molecule has 0 saturated heterocycles. The van der Waals surface area contributed by atoms with Gasteiger partial charge >= 0.3 is 0 Å². The van der Waals surface area contributed by atoms with Crippen LogP contribution in [0.1, 0.15) is 23.5 Å². The summed E-state index contributed by atoms with van der Waals surface area (Å²) in [5.41, 5.74) is 2.50. The van der Waals surface area contributed by atoms with E-state index >= 15 is 0 Å². The van der Waals surface area contributed by atoms with Crippen LogP contribution in [-0.4, -0.2) is 7.11 Å². The summed E-state index contributed by atoms with van der Waals surface area (Å²) in [5.74, 6) is 1.18. The topological polar surface area (TPSA) is 9.23 Å². The highest BCUT2D eigenvalue weighted by Crippen LogP contribution is 2.30. The molecule has 0 spiro atoms. The Kier molecular flexibility index (Phi) is 4.64. The second kappa shape index (κ2) is 6.44. The molecule has 2 aromatic carbocycles. The molecule has 0 heterocycles. The molecule has 0 N–H and O–H groups in total. The lowest BCUT2D eigenvalue weighted by Gasteiger charge is -2.16. The largest absolute Gasteiger partial charge is 0.497 e. The Morgan fingerprint density at radius 3 is 2.05 bits per heavy atom. The van der Waals surface area contributed by atoms with Gasteiger partial charge in [-0.1, -0.05) is 41.9 Å². The van der Waals surface area contributed by atoms with Crippen LogP contribution < -0.4 is 4.74 Å². The molecule has 1 unspecified atom stereocenters. The molecule has 98 valence electrons. The van der Waals surface area contributed by atoms with E-state index < -0.39 is 0 Å². The van der Waals surface area contributed by atoms with E-state index in [0.29, 0.717) is 5.92 Å². The second-order valence-electron chi connectivity index (χ2n) is 4.40. The van der Waals surface area contributed by atoms with Gasteiger partial charge in [-0.05, 0) is 41.8 Å². The first-order chi connectivity index (χ1) is 9.24. The van der Waals surface area contributed by atoms with Gasteiger partial charge in [0.25, 0.3) is 0 Å². The molecule has 2 rings (SSSR count). The lowest BCUT2D eigenvalue weighted by Crippen LogP contribution is -2.00. The monoisotopic (exact) mass is 272 g/mol. The SMILES string of the molecule is C=CCC(c1ccc(Cl)cc1)c1ccc(OC)cc1. The average Bonchev–Trinajstić information content (AvgIpc) is 2.46. The number of halogens is 1. The van der Waals surface area contributed by atoms with Crippen molar-refractivity contribution >= 4 is 11.6 Å². The van der Waals surface area contributed by atoms with Crippen LogP contribution in [0.2, 0.25) is 5.02 Å². The van der Waals surface area contributed by atoms with Crippen LogP contribution in [0.15, 0.2) is 61.2 Å². The zero-order valence-electron chi connectivity index (χ0n) is 11.0. The number of allylic oxidation sites excluding steroid dienone is 1. The van der Waals surface area contributed by atoms with Crippen molar-refractivity contribution in [3.8, 4) is 5.75 Å². The van der Waals surface area contributed by atoms with E-state index in [1.807, 2.05) is 30.3 Å². The summed E-state index contributed by atoms with van der Waals surface area (Å²) in [4.78, 5) is 0. The van der Waals surface area contributed by atoms with Crippen LogP contribution in [0.25, 0.3) is 0 Å². The summed E-state index contributed by atoms with van der Waals surface area (Å²) in [5, 5.41) is 0.760. The molecule has 0 radical (unpaired) electrons. The molecule has 0 fully saturated rings. The average molecular weight is 273 g/mol. The van der Waals surface area contributed by atoms with Crippen LogP contribution in [0.4, 0.5) is 0 Å². The quantitative estimate of drug-likeness (QED) is 0.692. The summed E-state index contributed by atoms with van der Waals surface area (Å²) in [7, 11) is 1.68. The minimum atomic E-state index is 0.306. The summed E-state index contributed by atoms with van der Waals surface area (Å²) < 4.78 is 5.19. The molecule has 19 heavy (non-hydrogen) atoms. The maximum atomic E-state index is 5.94. The number of hydrogen-bond acceptors (Lipinski definition) is 1. The first-order valence-electron chi connectivity index (χ1n) is 6.25. The third-order valence-corrected chi connectivity index (χ3v) is 3.44. The third-order valence-electron chi connectivity index (χ3n) is 3.19. The Hall–Kier alpha value is -1.73. The highest BCUT2D eigenvalue weighted by molar-refractivity contribution is 6.30. The summed E-state index contributed by atoms with van der Waals surface area (Å²) >= 11 is 5.94. The zero-order valence-corrected chi connectivity index (χ0v) is 11.7. The zero-order chi connectivity index (χ0) is 13.7. The van der Waals surface area contributed by atoms with E-state index in [1.54, 1.807) is 7.11 Å². The van der Waals surface area contributed by atoms with Gasteiger partial charge in [0.05, 0.1) is 7.11 Å². The predicted octanol–water partition coefficient (Wildman–Crippen LogP) is 5.06. The van der Waals surface area contributed by atoms with Crippen LogP contribution in [0.3, 0.4) is 0 Å². The Balaban J connectivity index is 2.32. The number of methoxy groups -OCH3 is 1.